The zero-order valence-corrected chi connectivity index (χ0v) is 15.1. The molecule has 7 heteroatoms. The van der Waals surface area contributed by atoms with Gasteiger partial charge >= 0.3 is 6.18 Å². The van der Waals surface area contributed by atoms with Gasteiger partial charge in [0.25, 0.3) is 0 Å². The number of nitrogens with zero attached hydrogens (tertiary/aromatic N) is 2. The third kappa shape index (κ3) is 3.38. The Hall–Kier alpha value is -1.50. The molecule has 2 heterocycles. The van der Waals surface area contributed by atoms with E-state index in [-0.39, 0.29) is 12.8 Å². The first-order valence-corrected chi connectivity index (χ1v) is 9.56. The van der Waals surface area contributed by atoms with Crippen LogP contribution in [0.2, 0.25) is 0 Å². The quantitative estimate of drug-likeness (QED) is 0.851. The van der Waals surface area contributed by atoms with Crippen molar-refractivity contribution in [3.8, 4) is 0 Å². The van der Waals surface area contributed by atoms with E-state index in [0.717, 1.165) is 30.0 Å². The predicted molar refractivity (Wildman–Crippen MR) is 96.3 cm³/mol. The first-order valence-electron chi connectivity index (χ1n) is 9.56. The molecule has 0 unspecified atom stereocenters. The molecule has 1 spiro atoms. The van der Waals surface area contributed by atoms with Crippen molar-refractivity contribution in [2.24, 2.45) is 17.1 Å². The second kappa shape index (κ2) is 6.29. The Morgan fingerprint density at radius 2 is 1.81 bits per heavy atom. The van der Waals surface area contributed by atoms with Gasteiger partial charge in [0, 0.05) is 25.2 Å². The Balaban J connectivity index is 1.32. The van der Waals surface area contributed by atoms with Crippen molar-refractivity contribution >= 4 is 11.5 Å². The van der Waals surface area contributed by atoms with Crippen molar-refractivity contribution in [1.29, 1.82) is 0 Å². The van der Waals surface area contributed by atoms with Crippen LogP contribution >= 0.6 is 0 Å². The highest BCUT2D eigenvalue weighted by Gasteiger charge is 2.51. The fourth-order valence-electron chi connectivity index (χ4n) is 5.01. The van der Waals surface area contributed by atoms with Crippen molar-refractivity contribution < 1.29 is 13.2 Å². The van der Waals surface area contributed by atoms with Gasteiger partial charge < -0.3 is 16.0 Å². The molecule has 4 rings (SSSR count). The molecule has 2 aliphatic carbocycles. The number of alkyl halides is 3. The third-order valence-electron chi connectivity index (χ3n) is 6.46. The van der Waals surface area contributed by atoms with E-state index in [1.54, 1.807) is 0 Å². The summed E-state index contributed by atoms with van der Waals surface area (Å²) in [6.07, 6.45) is 0.866. The van der Waals surface area contributed by atoms with E-state index in [2.05, 4.69) is 10.3 Å². The Labute approximate surface area is 152 Å². The summed E-state index contributed by atoms with van der Waals surface area (Å²) in [7, 11) is 0. The maximum absolute atomic E-state index is 12.8. The molecule has 0 aromatic carbocycles. The van der Waals surface area contributed by atoms with Crippen LogP contribution in [0, 0.1) is 18.3 Å². The molecule has 0 atom stereocenters. The first-order chi connectivity index (χ1) is 12.2. The molecule has 26 heavy (non-hydrogen) atoms. The number of rotatable bonds is 3. The van der Waals surface area contributed by atoms with E-state index < -0.39 is 12.1 Å². The van der Waals surface area contributed by atoms with E-state index in [4.69, 9.17) is 5.73 Å². The second-order valence-corrected chi connectivity index (χ2v) is 8.52. The van der Waals surface area contributed by atoms with Crippen LogP contribution in [0.5, 0.6) is 0 Å². The Kier molecular flexibility index (Phi) is 4.33. The number of hydrogen-bond donors (Lipinski definition) is 2. The second-order valence-electron chi connectivity index (χ2n) is 8.52. The lowest BCUT2D eigenvalue weighted by Crippen LogP contribution is -2.57. The van der Waals surface area contributed by atoms with Gasteiger partial charge in [-0.25, -0.2) is 4.98 Å². The standard InChI is InChI=1S/C19H27F3N4/c1-12-16(25-15-10-18(11-15)8-14(23)9-18)2-3-17(24-12)26-6-4-13(5-7-26)19(20,21)22/h2-3,13-15,25H,4-11,23H2,1H3. The monoisotopic (exact) mass is 368 g/mol. The molecule has 0 bridgehead atoms. The smallest absolute Gasteiger partial charge is 0.381 e. The zero-order chi connectivity index (χ0) is 18.5. The molecule has 0 radical (unpaired) electrons. The summed E-state index contributed by atoms with van der Waals surface area (Å²) >= 11 is 0. The maximum Gasteiger partial charge on any atom is 0.391 e. The lowest BCUT2D eigenvalue weighted by Gasteiger charge is -2.57. The molecule has 2 saturated carbocycles. The molecule has 4 nitrogen and oxygen atoms in total. The molecule has 144 valence electrons. The Morgan fingerprint density at radius 3 is 2.35 bits per heavy atom. The Morgan fingerprint density at radius 1 is 1.15 bits per heavy atom. The Bertz CT molecular complexity index is 653. The number of piperidine rings is 1. The van der Waals surface area contributed by atoms with Crippen LogP contribution in [0.3, 0.4) is 0 Å². The van der Waals surface area contributed by atoms with Crippen LogP contribution in [0.15, 0.2) is 12.1 Å². The summed E-state index contributed by atoms with van der Waals surface area (Å²) in [5.41, 5.74) is 8.33. The highest BCUT2D eigenvalue weighted by molar-refractivity contribution is 5.54. The number of pyridine rings is 1. The first kappa shape index (κ1) is 17.9. The normalized spacial score (nSPS) is 32.3. The van der Waals surface area contributed by atoms with Gasteiger partial charge in [-0.05, 0) is 63.0 Å². The van der Waals surface area contributed by atoms with Gasteiger partial charge in [0.05, 0.1) is 17.3 Å². The van der Waals surface area contributed by atoms with Gasteiger partial charge in [-0.15, -0.1) is 0 Å². The number of nitrogens with one attached hydrogen (secondary N) is 1. The molecule has 1 saturated heterocycles. The fourth-order valence-corrected chi connectivity index (χ4v) is 5.01. The molecule has 3 aliphatic rings. The molecule has 1 aliphatic heterocycles. The van der Waals surface area contributed by atoms with Crippen LogP contribution < -0.4 is 16.0 Å². The van der Waals surface area contributed by atoms with Crippen LogP contribution in [0.25, 0.3) is 0 Å². The summed E-state index contributed by atoms with van der Waals surface area (Å²) < 4.78 is 38.4. The molecule has 1 aromatic rings. The lowest BCUT2D eigenvalue weighted by molar-refractivity contribution is -0.179. The van der Waals surface area contributed by atoms with Gasteiger partial charge in [0.1, 0.15) is 5.82 Å². The largest absolute Gasteiger partial charge is 0.391 e. The van der Waals surface area contributed by atoms with Gasteiger partial charge in [0.15, 0.2) is 0 Å². The van der Waals surface area contributed by atoms with Gasteiger partial charge in [-0.1, -0.05) is 0 Å². The number of halogens is 3. The SMILES string of the molecule is Cc1nc(N2CCC(C(F)(F)F)CC2)ccc1NC1CC2(CC(N)C2)C1. The molecule has 3 fully saturated rings. The molecule has 1 aromatic heterocycles. The number of aryl methyl sites for hydroxylation is 1. The average Bonchev–Trinajstić information content (AvgIpc) is 2.52. The van der Waals surface area contributed by atoms with E-state index in [1.807, 2.05) is 24.0 Å². The predicted octanol–water partition coefficient (Wildman–Crippen LogP) is 3.85. The molecule has 3 N–H and O–H groups in total. The van der Waals surface area contributed by atoms with Crippen molar-refractivity contribution in [2.75, 3.05) is 23.3 Å². The van der Waals surface area contributed by atoms with Gasteiger partial charge in [0.2, 0.25) is 0 Å². The number of anilines is 2. The summed E-state index contributed by atoms with van der Waals surface area (Å²) in [4.78, 5) is 6.61. The van der Waals surface area contributed by atoms with Crippen molar-refractivity contribution in [3.63, 3.8) is 0 Å². The van der Waals surface area contributed by atoms with Gasteiger partial charge in [-0.2, -0.15) is 13.2 Å². The third-order valence-corrected chi connectivity index (χ3v) is 6.46. The van der Waals surface area contributed by atoms with Crippen molar-refractivity contribution in [3.05, 3.63) is 17.8 Å². The van der Waals surface area contributed by atoms with Crippen LogP contribution in [0.4, 0.5) is 24.7 Å². The van der Waals surface area contributed by atoms with E-state index in [9.17, 15) is 13.2 Å². The van der Waals surface area contributed by atoms with Gasteiger partial charge in [-0.3, -0.25) is 0 Å². The van der Waals surface area contributed by atoms with Crippen molar-refractivity contribution in [1.82, 2.24) is 4.98 Å². The van der Waals surface area contributed by atoms with Crippen LogP contribution in [-0.4, -0.2) is 36.3 Å². The zero-order valence-electron chi connectivity index (χ0n) is 15.1. The van der Waals surface area contributed by atoms with Crippen molar-refractivity contribution in [2.45, 2.75) is 63.7 Å². The molecule has 0 amide bonds. The number of hydrogen-bond acceptors (Lipinski definition) is 4. The van der Waals surface area contributed by atoms with E-state index in [0.29, 0.717) is 30.6 Å². The lowest BCUT2D eigenvalue weighted by atomic mass is 9.52. The van der Waals surface area contributed by atoms with E-state index in [1.165, 1.54) is 12.8 Å². The topological polar surface area (TPSA) is 54.2 Å². The summed E-state index contributed by atoms with van der Waals surface area (Å²) in [6, 6.07) is 4.82. The fraction of sp³-hybridized carbons (Fsp3) is 0.737. The summed E-state index contributed by atoms with van der Waals surface area (Å²) in [6.45, 7) is 2.78. The molecular weight excluding hydrogens is 341 g/mol. The minimum atomic E-state index is -4.08. The van der Waals surface area contributed by atoms with Crippen LogP contribution in [0.1, 0.15) is 44.2 Å². The average molecular weight is 368 g/mol. The minimum absolute atomic E-state index is 0.149. The highest BCUT2D eigenvalue weighted by atomic mass is 19.4. The maximum atomic E-state index is 12.8. The highest BCUT2D eigenvalue weighted by Crippen LogP contribution is 2.55. The number of aromatic nitrogens is 1. The minimum Gasteiger partial charge on any atom is -0.381 e. The number of nitrogens with two attached hydrogens (primary N) is 1. The summed E-state index contributed by atoms with van der Waals surface area (Å²) in [5, 5.41) is 3.57. The molecular formula is C19H27F3N4. The van der Waals surface area contributed by atoms with Crippen LogP contribution in [-0.2, 0) is 0 Å². The summed E-state index contributed by atoms with van der Waals surface area (Å²) in [5.74, 6) is -0.393. The van der Waals surface area contributed by atoms with E-state index >= 15 is 0 Å².